The summed E-state index contributed by atoms with van der Waals surface area (Å²) in [6, 6.07) is 15.8. The summed E-state index contributed by atoms with van der Waals surface area (Å²) in [5, 5.41) is 14.6. The van der Waals surface area contributed by atoms with Gasteiger partial charge in [0, 0.05) is 18.4 Å². The Balaban J connectivity index is 1.36. The second kappa shape index (κ2) is 8.65. The maximum Gasteiger partial charge on any atom is 0.407 e. The van der Waals surface area contributed by atoms with Gasteiger partial charge in [0.2, 0.25) is 5.91 Å². The molecule has 2 aliphatic carbocycles. The van der Waals surface area contributed by atoms with Crippen LogP contribution in [0.25, 0.3) is 11.1 Å². The number of carbonyl (C=O) groups is 3. The van der Waals surface area contributed by atoms with Gasteiger partial charge in [0.05, 0.1) is 0 Å². The average Bonchev–Trinajstić information content (AvgIpc) is 3.48. The first-order chi connectivity index (χ1) is 15.3. The Morgan fingerprint density at radius 2 is 1.59 bits per heavy atom. The Hall–Kier alpha value is -3.35. The molecule has 7 nitrogen and oxygen atoms in total. The molecule has 3 N–H and O–H groups in total. The monoisotopic (exact) mass is 436 g/mol. The van der Waals surface area contributed by atoms with Crippen LogP contribution in [0.2, 0.25) is 0 Å². The van der Waals surface area contributed by atoms with Crippen molar-refractivity contribution in [2.45, 2.75) is 50.6 Å². The molecule has 2 aromatic rings. The second-order valence-electron chi connectivity index (χ2n) is 8.96. The normalized spacial score (nSPS) is 16.6. The molecule has 2 aromatic carbocycles. The van der Waals surface area contributed by atoms with Crippen LogP contribution in [0, 0.1) is 5.92 Å². The number of amides is 2. The number of rotatable bonds is 8. The third-order valence-electron chi connectivity index (χ3n) is 6.40. The maximum absolute atomic E-state index is 12.6. The van der Waals surface area contributed by atoms with Gasteiger partial charge in [-0.15, -0.1) is 0 Å². The number of aliphatic carboxylic acids is 1. The predicted molar refractivity (Wildman–Crippen MR) is 119 cm³/mol. The summed E-state index contributed by atoms with van der Waals surface area (Å²) in [7, 11) is 0. The molecule has 4 rings (SSSR count). The maximum atomic E-state index is 12.6. The summed E-state index contributed by atoms with van der Waals surface area (Å²) < 4.78 is 5.58. The third-order valence-corrected chi connectivity index (χ3v) is 6.40. The summed E-state index contributed by atoms with van der Waals surface area (Å²) in [5.41, 5.74) is 3.43. The third kappa shape index (κ3) is 4.33. The fourth-order valence-corrected chi connectivity index (χ4v) is 4.28. The Kier molecular flexibility index (Phi) is 5.91. The highest BCUT2D eigenvalue weighted by molar-refractivity contribution is 5.90. The first-order valence-electron chi connectivity index (χ1n) is 11.0. The number of carbonyl (C=O) groups excluding carboxylic acids is 2. The molecule has 1 saturated carbocycles. The van der Waals surface area contributed by atoms with Gasteiger partial charge >= 0.3 is 12.1 Å². The van der Waals surface area contributed by atoms with E-state index in [1.54, 1.807) is 0 Å². The minimum atomic E-state index is -1.14. The first kappa shape index (κ1) is 21.9. The van der Waals surface area contributed by atoms with Crippen molar-refractivity contribution < 1.29 is 24.2 Å². The van der Waals surface area contributed by atoms with Crippen LogP contribution in [0.15, 0.2) is 48.5 Å². The smallest absolute Gasteiger partial charge is 0.407 e. The number of fused-ring (bicyclic) bond motifs is 3. The summed E-state index contributed by atoms with van der Waals surface area (Å²) in [6.07, 6.45) is 0.273. The lowest BCUT2D eigenvalue weighted by Gasteiger charge is -2.23. The van der Waals surface area contributed by atoms with Crippen molar-refractivity contribution in [1.82, 2.24) is 10.6 Å². The highest BCUT2D eigenvalue weighted by atomic mass is 16.5. The van der Waals surface area contributed by atoms with Crippen LogP contribution in [0.3, 0.4) is 0 Å². The quantitative estimate of drug-likeness (QED) is 0.586. The number of hydrogen-bond donors (Lipinski definition) is 3. The summed E-state index contributed by atoms with van der Waals surface area (Å²) in [4.78, 5) is 36.2. The van der Waals surface area contributed by atoms with Gasteiger partial charge in [-0.25, -0.2) is 9.59 Å². The lowest BCUT2D eigenvalue weighted by atomic mass is 9.98. The Labute approximate surface area is 187 Å². The molecule has 0 aromatic heterocycles. The molecule has 0 unspecified atom stereocenters. The van der Waals surface area contributed by atoms with E-state index in [9.17, 15) is 19.5 Å². The van der Waals surface area contributed by atoms with E-state index in [1.807, 2.05) is 38.1 Å². The van der Waals surface area contributed by atoms with E-state index in [0.717, 1.165) is 22.3 Å². The van der Waals surface area contributed by atoms with Gasteiger partial charge in [0.1, 0.15) is 12.1 Å². The van der Waals surface area contributed by atoms with E-state index in [-0.39, 0.29) is 30.8 Å². The SMILES string of the molecule is CC(C)[C@H](CC(=O)NC1(C(=O)O)CC1)NC(=O)OCC1c2ccccc2-c2ccccc21. The summed E-state index contributed by atoms with van der Waals surface area (Å²) in [5.74, 6) is -1.47. The first-order valence-corrected chi connectivity index (χ1v) is 11.0. The molecule has 1 fully saturated rings. The number of ether oxygens (including phenoxy) is 1. The van der Waals surface area contributed by atoms with Crippen molar-refractivity contribution in [2.75, 3.05) is 6.61 Å². The van der Waals surface area contributed by atoms with E-state index >= 15 is 0 Å². The minimum absolute atomic E-state index is 0.00308. The van der Waals surface area contributed by atoms with Crippen molar-refractivity contribution in [3.63, 3.8) is 0 Å². The van der Waals surface area contributed by atoms with Crippen molar-refractivity contribution in [2.24, 2.45) is 5.92 Å². The van der Waals surface area contributed by atoms with Gasteiger partial charge in [-0.05, 0) is 41.0 Å². The van der Waals surface area contributed by atoms with E-state index in [4.69, 9.17) is 4.74 Å². The zero-order valence-corrected chi connectivity index (χ0v) is 18.3. The van der Waals surface area contributed by atoms with E-state index < -0.39 is 23.6 Å². The molecule has 7 heteroatoms. The molecule has 0 heterocycles. The highest BCUT2D eigenvalue weighted by Crippen LogP contribution is 2.44. The lowest BCUT2D eigenvalue weighted by molar-refractivity contribution is -0.143. The Bertz CT molecular complexity index is 999. The van der Waals surface area contributed by atoms with Crippen molar-refractivity contribution in [3.8, 4) is 11.1 Å². The molecule has 0 bridgehead atoms. The number of carboxylic acids is 1. The van der Waals surface area contributed by atoms with Crippen LogP contribution < -0.4 is 10.6 Å². The number of carboxylic acid groups (broad SMARTS) is 1. The van der Waals surface area contributed by atoms with Gasteiger partial charge in [-0.1, -0.05) is 62.4 Å². The molecule has 0 radical (unpaired) electrons. The fraction of sp³-hybridized carbons (Fsp3) is 0.400. The molecule has 32 heavy (non-hydrogen) atoms. The zero-order chi connectivity index (χ0) is 22.9. The largest absolute Gasteiger partial charge is 0.480 e. The predicted octanol–water partition coefficient (Wildman–Crippen LogP) is 3.67. The Morgan fingerprint density at radius 1 is 1.03 bits per heavy atom. The fourth-order valence-electron chi connectivity index (χ4n) is 4.28. The molecular formula is C25H28N2O5. The van der Waals surface area contributed by atoms with E-state index in [1.165, 1.54) is 0 Å². The second-order valence-corrected chi connectivity index (χ2v) is 8.96. The van der Waals surface area contributed by atoms with Crippen LogP contribution in [-0.4, -0.2) is 41.3 Å². The van der Waals surface area contributed by atoms with Crippen LogP contribution in [0.5, 0.6) is 0 Å². The lowest BCUT2D eigenvalue weighted by Crippen LogP contribution is -2.47. The van der Waals surface area contributed by atoms with Gasteiger partial charge in [-0.3, -0.25) is 4.79 Å². The molecular weight excluding hydrogens is 408 g/mol. The standard InChI is InChI=1S/C25H28N2O5/c1-15(2)21(13-22(28)27-25(11-12-25)23(29)30)26-24(31)32-14-20-18-9-5-3-7-16(18)17-8-4-6-10-19(17)20/h3-10,15,20-21H,11-14H2,1-2H3,(H,26,31)(H,27,28)(H,29,30)/t21-/m0/s1. The number of hydrogen-bond acceptors (Lipinski definition) is 4. The van der Waals surface area contributed by atoms with Crippen LogP contribution >= 0.6 is 0 Å². The minimum Gasteiger partial charge on any atom is -0.480 e. The molecule has 2 aliphatic rings. The average molecular weight is 437 g/mol. The number of alkyl carbamates (subject to hydrolysis) is 1. The van der Waals surface area contributed by atoms with Crippen molar-refractivity contribution in [1.29, 1.82) is 0 Å². The van der Waals surface area contributed by atoms with Gasteiger partial charge in [-0.2, -0.15) is 0 Å². The molecule has 168 valence electrons. The van der Waals surface area contributed by atoms with E-state index in [2.05, 4.69) is 34.9 Å². The Morgan fingerprint density at radius 3 is 2.09 bits per heavy atom. The van der Waals surface area contributed by atoms with Gasteiger partial charge in [0.25, 0.3) is 0 Å². The molecule has 0 aliphatic heterocycles. The summed E-state index contributed by atoms with van der Waals surface area (Å²) in [6.45, 7) is 3.98. The van der Waals surface area contributed by atoms with E-state index in [0.29, 0.717) is 12.8 Å². The number of nitrogens with one attached hydrogen (secondary N) is 2. The van der Waals surface area contributed by atoms with Crippen LogP contribution in [0.1, 0.15) is 50.2 Å². The highest BCUT2D eigenvalue weighted by Gasteiger charge is 2.51. The molecule has 2 amide bonds. The summed E-state index contributed by atoms with van der Waals surface area (Å²) >= 11 is 0. The molecule has 0 spiro atoms. The molecule has 1 atom stereocenters. The molecule has 0 saturated heterocycles. The van der Waals surface area contributed by atoms with Crippen LogP contribution in [0.4, 0.5) is 4.79 Å². The number of benzene rings is 2. The topological polar surface area (TPSA) is 105 Å². The van der Waals surface area contributed by atoms with Crippen molar-refractivity contribution >= 4 is 18.0 Å². The van der Waals surface area contributed by atoms with Crippen LogP contribution in [-0.2, 0) is 14.3 Å². The van der Waals surface area contributed by atoms with Crippen molar-refractivity contribution in [3.05, 3.63) is 59.7 Å². The van der Waals surface area contributed by atoms with Gasteiger partial charge < -0.3 is 20.5 Å². The van der Waals surface area contributed by atoms with Gasteiger partial charge in [0.15, 0.2) is 0 Å². The zero-order valence-electron chi connectivity index (χ0n) is 18.3.